The van der Waals surface area contributed by atoms with E-state index in [0.717, 1.165) is 89.6 Å². The number of halogens is 1. The third kappa shape index (κ3) is 5.50. The van der Waals surface area contributed by atoms with Crippen molar-refractivity contribution in [1.82, 2.24) is 14.8 Å². The van der Waals surface area contributed by atoms with E-state index in [1.165, 1.54) is 0 Å². The summed E-state index contributed by atoms with van der Waals surface area (Å²) in [7, 11) is 0. The Balaban J connectivity index is 1.23. The molecule has 2 aliphatic rings. The summed E-state index contributed by atoms with van der Waals surface area (Å²) in [4.78, 5) is 28.4. The molecule has 5 rings (SSSR count). The van der Waals surface area contributed by atoms with Gasteiger partial charge in [-0.3, -0.25) is 14.7 Å². The van der Waals surface area contributed by atoms with Gasteiger partial charge >= 0.3 is 0 Å². The van der Waals surface area contributed by atoms with Crippen LogP contribution in [0, 0.1) is 12.8 Å². The van der Waals surface area contributed by atoms with Crippen molar-refractivity contribution < 1.29 is 9.63 Å². The molecule has 0 spiro atoms. The van der Waals surface area contributed by atoms with Crippen molar-refractivity contribution in [2.75, 3.05) is 32.8 Å². The molecule has 6 nitrogen and oxygen atoms in total. The van der Waals surface area contributed by atoms with E-state index in [1.807, 2.05) is 49.2 Å². The first-order valence-electron chi connectivity index (χ1n) is 13.7. The number of pyridine rings is 1. The van der Waals surface area contributed by atoms with Gasteiger partial charge in [0.15, 0.2) is 0 Å². The summed E-state index contributed by atoms with van der Waals surface area (Å²) in [6.07, 6.45) is 5.91. The number of para-hydroxylation sites is 1. The molecule has 7 heteroatoms. The fourth-order valence-corrected chi connectivity index (χ4v) is 6.27. The summed E-state index contributed by atoms with van der Waals surface area (Å²) in [5, 5.41) is 5.49. The molecule has 1 amide bonds. The fraction of sp³-hybridized carbons (Fsp3) is 0.452. The number of aromatic nitrogens is 1. The number of aryl methyl sites for hydroxylation is 1. The van der Waals surface area contributed by atoms with Crippen molar-refractivity contribution in [1.29, 1.82) is 0 Å². The first kappa shape index (κ1) is 26.8. The monoisotopic (exact) mass is 576 g/mol. The summed E-state index contributed by atoms with van der Waals surface area (Å²) < 4.78 is 1.07. The van der Waals surface area contributed by atoms with Crippen molar-refractivity contribution in [3.05, 3.63) is 75.9 Å². The van der Waals surface area contributed by atoms with Crippen molar-refractivity contribution in [2.24, 2.45) is 11.1 Å². The predicted molar refractivity (Wildman–Crippen MR) is 157 cm³/mol. The van der Waals surface area contributed by atoms with Crippen LogP contribution in [0.4, 0.5) is 0 Å². The molecule has 0 saturated carbocycles. The summed E-state index contributed by atoms with van der Waals surface area (Å²) in [6, 6.07) is 16.3. The second kappa shape index (κ2) is 11.5. The van der Waals surface area contributed by atoms with Gasteiger partial charge in [0.25, 0.3) is 5.91 Å². The van der Waals surface area contributed by atoms with Gasteiger partial charge in [-0.15, -0.1) is 0 Å². The minimum absolute atomic E-state index is 0.103. The van der Waals surface area contributed by atoms with E-state index in [4.69, 9.17) is 4.84 Å². The van der Waals surface area contributed by atoms with Gasteiger partial charge in [0.2, 0.25) is 0 Å². The lowest BCUT2D eigenvalue weighted by Gasteiger charge is -2.49. The van der Waals surface area contributed by atoms with Crippen LogP contribution in [0.3, 0.4) is 0 Å². The van der Waals surface area contributed by atoms with E-state index < -0.39 is 0 Å². The lowest BCUT2D eigenvalue weighted by Crippen LogP contribution is -2.56. The van der Waals surface area contributed by atoms with Crippen molar-refractivity contribution >= 4 is 38.5 Å². The van der Waals surface area contributed by atoms with Gasteiger partial charge in [0, 0.05) is 40.6 Å². The lowest BCUT2D eigenvalue weighted by atomic mass is 9.82. The first-order chi connectivity index (χ1) is 18.4. The van der Waals surface area contributed by atoms with Crippen LogP contribution in [0.25, 0.3) is 10.9 Å². The largest absolute Gasteiger partial charge is 0.396 e. The molecule has 38 heavy (non-hydrogen) atoms. The Kier molecular flexibility index (Phi) is 8.15. The SMILES string of the molecule is CCO/N=C(/c1ccc(Br)cc1)C1CCN(C2(C)CCN(C(=O)c3c(C)cnc4ccccc34)CC2)CC1. The van der Waals surface area contributed by atoms with Gasteiger partial charge < -0.3 is 9.74 Å². The van der Waals surface area contributed by atoms with Crippen LogP contribution in [0.1, 0.15) is 61.0 Å². The molecule has 0 radical (unpaired) electrons. The Morgan fingerprint density at radius 1 is 1.08 bits per heavy atom. The number of likely N-dealkylation sites (tertiary alicyclic amines) is 2. The van der Waals surface area contributed by atoms with Crippen molar-refractivity contribution in [3.8, 4) is 0 Å². The molecule has 0 atom stereocenters. The Hall–Kier alpha value is -2.77. The van der Waals surface area contributed by atoms with Crippen LogP contribution in [0.5, 0.6) is 0 Å². The Labute approximate surface area is 234 Å². The van der Waals surface area contributed by atoms with E-state index in [9.17, 15) is 4.79 Å². The number of rotatable bonds is 6. The fourth-order valence-electron chi connectivity index (χ4n) is 6.00. The van der Waals surface area contributed by atoms with Crippen LogP contribution >= 0.6 is 15.9 Å². The first-order valence-corrected chi connectivity index (χ1v) is 14.5. The molecule has 3 heterocycles. The average Bonchev–Trinajstić information content (AvgIpc) is 2.94. The molecule has 2 aliphatic heterocycles. The van der Waals surface area contributed by atoms with E-state index in [0.29, 0.717) is 12.5 Å². The number of piperidine rings is 2. The maximum absolute atomic E-state index is 13.6. The molecule has 1 aromatic heterocycles. The Bertz CT molecular complexity index is 1310. The van der Waals surface area contributed by atoms with E-state index in [2.05, 4.69) is 62.2 Å². The van der Waals surface area contributed by atoms with Gasteiger partial charge in [-0.25, -0.2) is 0 Å². The summed E-state index contributed by atoms with van der Waals surface area (Å²) in [6.45, 7) is 10.5. The number of amides is 1. The molecule has 2 fully saturated rings. The van der Waals surface area contributed by atoms with E-state index in [1.54, 1.807) is 0 Å². The summed E-state index contributed by atoms with van der Waals surface area (Å²) in [5.74, 6) is 0.514. The number of nitrogens with zero attached hydrogens (tertiary/aromatic N) is 4. The molecule has 200 valence electrons. The molecule has 2 saturated heterocycles. The normalized spacial score (nSPS) is 19.1. The van der Waals surface area contributed by atoms with Crippen LogP contribution in [0.2, 0.25) is 0 Å². The highest BCUT2D eigenvalue weighted by Crippen LogP contribution is 2.35. The van der Waals surface area contributed by atoms with Gasteiger partial charge in [-0.2, -0.15) is 0 Å². The lowest BCUT2D eigenvalue weighted by molar-refractivity contribution is 0.0162. The van der Waals surface area contributed by atoms with Crippen LogP contribution in [-0.2, 0) is 4.84 Å². The number of hydrogen-bond donors (Lipinski definition) is 0. The van der Waals surface area contributed by atoms with Gasteiger partial charge in [0.05, 0.1) is 16.8 Å². The van der Waals surface area contributed by atoms with Gasteiger partial charge in [-0.1, -0.05) is 51.4 Å². The third-order valence-corrected chi connectivity index (χ3v) is 8.91. The number of carbonyl (C=O) groups is 1. The third-order valence-electron chi connectivity index (χ3n) is 8.38. The van der Waals surface area contributed by atoms with Crippen molar-refractivity contribution in [2.45, 2.75) is 52.0 Å². The topological polar surface area (TPSA) is 58.0 Å². The highest BCUT2D eigenvalue weighted by atomic mass is 79.9. The molecular weight excluding hydrogens is 540 g/mol. The van der Waals surface area contributed by atoms with Crippen molar-refractivity contribution in [3.63, 3.8) is 0 Å². The maximum atomic E-state index is 13.6. The molecule has 0 bridgehead atoms. The zero-order valence-electron chi connectivity index (χ0n) is 22.6. The summed E-state index contributed by atoms with van der Waals surface area (Å²) >= 11 is 3.54. The average molecular weight is 578 g/mol. The second-order valence-electron chi connectivity index (χ2n) is 10.8. The molecule has 2 aromatic carbocycles. The second-order valence-corrected chi connectivity index (χ2v) is 11.7. The maximum Gasteiger partial charge on any atom is 0.254 e. The minimum atomic E-state index is 0.103. The van der Waals surface area contributed by atoms with E-state index >= 15 is 0 Å². The molecule has 3 aromatic rings. The predicted octanol–water partition coefficient (Wildman–Crippen LogP) is 6.45. The zero-order chi connectivity index (χ0) is 26.7. The van der Waals surface area contributed by atoms with Crippen LogP contribution < -0.4 is 0 Å². The number of benzene rings is 2. The highest BCUT2D eigenvalue weighted by Gasteiger charge is 2.39. The zero-order valence-corrected chi connectivity index (χ0v) is 24.2. The summed E-state index contributed by atoms with van der Waals surface area (Å²) in [5.41, 5.74) is 4.92. The molecule has 0 aliphatic carbocycles. The molecular formula is C31H37BrN4O2. The molecule has 0 unspecified atom stereocenters. The Morgan fingerprint density at radius 3 is 2.45 bits per heavy atom. The van der Waals surface area contributed by atoms with Crippen LogP contribution in [0.15, 0.2) is 64.4 Å². The molecule has 0 N–H and O–H groups in total. The standard InChI is InChI=1S/C31H37BrN4O2/c1-4-38-34-29(23-9-11-25(32)12-10-23)24-13-17-36(18-14-24)31(3)15-19-35(20-16-31)30(37)28-22(2)21-33-27-8-6-5-7-26(27)28/h5-12,21,24H,4,13-20H2,1-3H3/b34-29-. The Morgan fingerprint density at radius 2 is 1.76 bits per heavy atom. The highest BCUT2D eigenvalue weighted by molar-refractivity contribution is 9.10. The quantitative estimate of drug-likeness (QED) is 0.250. The van der Waals surface area contributed by atoms with Gasteiger partial charge in [-0.05, 0) is 88.9 Å². The minimum Gasteiger partial charge on any atom is -0.396 e. The number of fused-ring (bicyclic) bond motifs is 1. The van der Waals surface area contributed by atoms with Crippen LogP contribution in [-0.4, -0.2) is 64.7 Å². The number of hydrogen-bond acceptors (Lipinski definition) is 5. The van der Waals surface area contributed by atoms with Gasteiger partial charge in [0.1, 0.15) is 6.61 Å². The van der Waals surface area contributed by atoms with E-state index in [-0.39, 0.29) is 11.4 Å². The number of oxime groups is 1. The number of carbonyl (C=O) groups excluding carboxylic acids is 1. The smallest absolute Gasteiger partial charge is 0.254 e.